The zero-order valence-electron chi connectivity index (χ0n) is 30.3. The van der Waals surface area contributed by atoms with Crippen molar-refractivity contribution in [3.05, 3.63) is 0 Å². The van der Waals surface area contributed by atoms with Crippen LogP contribution in [0.4, 0.5) is 0 Å². The molecule has 0 aliphatic rings. The van der Waals surface area contributed by atoms with Crippen LogP contribution in [0.5, 0.6) is 0 Å². The number of hydrogen-bond donors (Lipinski definition) is 0. The Balaban J connectivity index is 6.34. The molecule has 0 aromatic carbocycles. The topological polar surface area (TPSA) is 142 Å². The second-order valence-electron chi connectivity index (χ2n) is 10.8. The van der Waals surface area contributed by atoms with E-state index in [9.17, 15) is 18.3 Å². The SMILES string of the molecule is CCCC(C(CCCCC(CCC(C)P(=O)(OCC)OCC)P(=O)(OCC)OCC)P(=O)(OCC)OCC)P(=O)(OCC)OCC. The summed E-state index contributed by atoms with van der Waals surface area (Å²) in [4.78, 5) is 0. The molecule has 16 heteroatoms. The molecule has 0 spiro atoms. The molecule has 0 saturated heterocycles. The summed E-state index contributed by atoms with van der Waals surface area (Å²) in [6, 6.07) is 0. The lowest BCUT2D eigenvalue weighted by molar-refractivity contribution is 0.190. The first kappa shape index (κ1) is 46.6. The van der Waals surface area contributed by atoms with Crippen LogP contribution in [0.1, 0.15) is 121 Å². The summed E-state index contributed by atoms with van der Waals surface area (Å²) in [7, 11) is -14.3. The van der Waals surface area contributed by atoms with Crippen molar-refractivity contribution in [3.8, 4) is 0 Å². The Hall–Kier alpha value is 0.600. The summed E-state index contributed by atoms with van der Waals surface area (Å²) in [5.41, 5.74) is -2.31. The molecular formula is C30H66O12P4. The molecule has 0 bridgehead atoms. The van der Waals surface area contributed by atoms with Crippen LogP contribution < -0.4 is 0 Å². The first-order valence-corrected chi connectivity index (χ1v) is 23.8. The van der Waals surface area contributed by atoms with Crippen LogP contribution in [0.15, 0.2) is 0 Å². The predicted octanol–water partition coefficient (Wildman–Crippen LogP) is 10.7. The van der Waals surface area contributed by atoms with Gasteiger partial charge in [0, 0.05) is 0 Å². The summed E-state index contributed by atoms with van der Waals surface area (Å²) >= 11 is 0. The van der Waals surface area contributed by atoms with E-state index in [4.69, 9.17) is 36.2 Å². The van der Waals surface area contributed by atoms with Gasteiger partial charge in [0.15, 0.2) is 0 Å². The fourth-order valence-electron chi connectivity index (χ4n) is 5.64. The van der Waals surface area contributed by atoms with Crippen molar-refractivity contribution in [2.45, 2.75) is 143 Å². The maximum atomic E-state index is 14.3. The lowest BCUT2D eigenvalue weighted by Gasteiger charge is -2.36. The zero-order chi connectivity index (χ0) is 35.3. The van der Waals surface area contributed by atoms with E-state index < -0.39 is 53.0 Å². The van der Waals surface area contributed by atoms with Gasteiger partial charge in [0.05, 0.1) is 75.5 Å². The molecule has 12 nitrogen and oxygen atoms in total. The largest absolute Gasteiger partial charge is 0.334 e. The van der Waals surface area contributed by atoms with Crippen LogP contribution in [-0.2, 0) is 54.5 Å². The highest BCUT2D eigenvalue weighted by Crippen LogP contribution is 2.66. The summed E-state index contributed by atoms with van der Waals surface area (Å²) in [5, 5.41) is 0. The van der Waals surface area contributed by atoms with Gasteiger partial charge in [0.1, 0.15) is 0 Å². The molecule has 0 rings (SSSR count). The van der Waals surface area contributed by atoms with Gasteiger partial charge in [-0.3, -0.25) is 18.3 Å². The van der Waals surface area contributed by atoms with Gasteiger partial charge in [-0.25, -0.2) is 0 Å². The molecule has 278 valence electrons. The molecule has 46 heavy (non-hydrogen) atoms. The second-order valence-corrected chi connectivity index (χ2v) is 20.1. The molecule has 0 saturated carbocycles. The van der Waals surface area contributed by atoms with Gasteiger partial charge >= 0.3 is 30.4 Å². The van der Waals surface area contributed by atoms with Crippen molar-refractivity contribution in [2.75, 3.05) is 52.9 Å². The van der Waals surface area contributed by atoms with Crippen LogP contribution >= 0.6 is 30.4 Å². The highest BCUT2D eigenvalue weighted by atomic mass is 31.2. The molecule has 4 atom stereocenters. The minimum atomic E-state index is -3.73. The van der Waals surface area contributed by atoms with E-state index in [1.165, 1.54) is 0 Å². The zero-order valence-corrected chi connectivity index (χ0v) is 33.9. The second kappa shape index (κ2) is 24.7. The Bertz CT molecular complexity index is 942. The Kier molecular flexibility index (Phi) is 25.0. The molecule has 0 heterocycles. The van der Waals surface area contributed by atoms with Gasteiger partial charge in [-0.05, 0) is 87.5 Å². The average Bonchev–Trinajstić information content (AvgIpc) is 2.98. The van der Waals surface area contributed by atoms with Gasteiger partial charge in [-0.1, -0.05) is 33.1 Å². The lowest BCUT2D eigenvalue weighted by Crippen LogP contribution is -2.30. The maximum absolute atomic E-state index is 14.3. The summed E-state index contributed by atoms with van der Waals surface area (Å²) < 4.78 is 102. The third kappa shape index (κ3) is 14.8. The van der Waals surface area contributed by atoms with Gasteiger partial charge < -0.3 is 36.2 Å². The number of unbranched alkanes of at least 4 members (excludes halogenated alkanes) is 1. The normalized spacial score (nSPS) is 16.0. The van der Waals surface area contributed by atoms with Crippen LogP contribution in [0, 0.1) is 0 Å². The molecule has 0 aromatic rings. The molecule has 0 amide bonds. The van der Waals surface area contributed by atoms with Crippen molar-refractivity contribution in [2.24, 2.45) is 0 Å². The van der Waals surface area contributed by atoms with Gasteiger partial charge in [-0.2, -0.15) is 0 Å². The van der Waals surface area contributed by atoms with Crippen molar-refractivity contribution < 1.29 is 54.5 Å². The van der Waals surface area contributed by atoms with Gasteiger partial charge in [-0.15, -0.1) is 0 Å². The Morgan fingerprint density at radius 1 is 0.391 bits per heavy atom. The monoisotopic (exact) mass is 742 g/mol. The molecule has 0 radical (unpaired) electrons. The van der Waals surface area contributed by atoms with Crippen LogP contribution in [0.2, 0.25) is 0 Å². The molecule has 0 fully saturated rings. The van der Waals surface area contributed by atoms with E-state index in [2.05, 4.69) is 0 Å². The molecular weight excluding hydrogens is 676 g/mol. The van der Waals surface area contributed by atoms with E-state index in [0.29, 0.717) is 51.4 Å². The Morgan fingerprint density at radius 3 is 1.09 bits per heavy atom. The summed E-state index contributed by atoms with van der Waals surface area (Å²) in [6.07, 6.45) is 3.96. The fraction of sp³-hybridized carbons (Fsp3) is 1.00. The number of hydrogen-bond acceptors (Lipinski definition) is 12. The lowest BCUT2D eigenvalue weighted by atomic mass is 10.0. The fourth-order valence-corrected chi connectivity index (χ4v) is 15.1. The Labute approximate surface area is 280 Å². The van der Waals surface area contributed by atoms with Crippen molar-refractivity contribution >= 4 is 30.4 Å². The van der Waals surface area contributed by atoms with Crippen LogP contribution in [0.25, 0.3) is 0 Å². The molecule has 0 aliphatic carbocycles. The Morgan fingerprint density at radius 2 is 0.717 bits per heavy atom. The quantitative estimate of drug-likeness (QED) is 0.0492. The molecule has 0 N–H and O–H groups in total. The summed E-state index contributed by atoms with van der Waals surface area (Å²) in [6.45, 7) is 19.6. The van der Waals surface area contributed by atoms with E-state index in [1.54, 1.807) is 55.4 Å². The van der Waals surface area contributed by atoms with E-state index in [0.717, 1.165) is 0 Å². The van der Waals surface area contributed by atoms with Crippen molar-refractivity contribution in [1.29, 1.82) is 0 Å². The highest BCUT2D eigenvalue weighted by Gasteiger charge is 2.50. The average molecular weight is 743 g/mol. The first-order valence-electron chi connectivity index (χ1n) is 17.3. The van der Waals surface area contributed by atoms with E-state index in [-0.39, 0.29) is 52.9 Å². The minimum absolute atomic E-state index is 0.166. The first-order chi connectivity index (χ1) is 21.8. The van der Waals surface area contributed by atoms with Crippen molar-refractivity contribution in [1.82, 2.24) is 0 Å². The van der Waals surface area contributed by atoms with Gasteiger partial charge in [0.2, 0.25) is 0 Å². The third-order valence-electron chi connectivity index (χ3n) is 7.51. The number of rotatable bonds is 31. The molecule has 0 aromatic heterocycles. The highest BCUT2D eigenvalue weighted by molar-refractivity contribution is 7.59. The van der Waals surface area contributed by atoms with Crippen LogP contribution in [-0.4, -0.2) is 75.5 Å². The predicted molar refractivity (Wildman–Crippen MR) is 187 cm³/mol. The molecule has 0 aliphatic heterocycles. The van der Waals surface area contributed by atoms with Gasteiger partial charge in [0.25, 0.3) is 0 Å². The van der Waals surface area contributed by atoms with Crippen LogP contribution in [0.3, 0.4) is 0 Å². The van der Waals surface area contributed by atoms with E-state index >= 15 is 0 Å². The third-order valence-corrected chi connectivity index (χ3v) is 18.3. The van der Waals surface area contributed by atoms with E-state index in [1.807, 2.05) is 13.8 Å². The molecule has 4 unspecified atom stereocenters. The standard InChI is InChI=1S/C30H66O12P4/c1-11-22-29(45(33,39-16-6)40-17-7)30(46(34,41-18-8)42-19-9)24-21-20-23-28(44(32,37-14-4)38-15-5)26-25-27(10)43(31,35-12-2)36-13-3/h27-30H,11-26H2,1-10H3. The maximum Gasteiger partial charge on any atom is 0.334 e. The van der Waals surface area contributed by atoms with Crippen molar-refractivity contribution in [3.63, 3.8) is 0 Å². The minimum Gasteiger partial charge on any atom is -0.309 e. The summed E-state index contributed by atoms with van der Waals surface area (Å²) in [5.74, 6) is 0. The smallest absolute Gasteiger partial charge is 0.309 e.